The van der Waals surface area contributed by atoms with Gasteiger partial charge in [-0.25, -0.2) is 9.78 Å². The molecule has 0 aliphatic heterocycles. The third-order valence-electron chi connectivity index (χ3n) is 4.16. The van der Waals surface area contributed by atoms with E-state index in [0.717, 1.165) is 11.1 Å². The quantitative estimate of drug-likeness (QED) is 0.463. The predicted molar refractivity (Wildman–Crippen MR) is 112 cm³/mol. The van der Waals surface area contributed by atoms with Crippen LogP contribution in [0.15, 0.2) is 72.4 Å². The number of hydrogen-bond acceptors (Lipinski definition) is 4. The van der Waals surface area contributed by atoms with Gasteiger partial charge in [-0.1, -0.05) is 48.9 Å². The van der Waals surface area contributed by atoms with Crippen molar-refractivity contribution < 1.29 is 19.4 Å². The lowest BCUT2D eigenvalue weighted by Gasteiger charge is -2.09. The van der Waals surface area contributed by atoms with Gasteiger partial charge in [-0.2, -0.15) is 0 Å². The molecule has 0 saturated carbocycles. The van der Waals surface area contributed by atoms with Gasteiger partial charge < -0.3 is 14.6 Å². The summed E-state index contributed by atoms with van der Waals surface area (Å²) in [7, 11) is 0. The minimum Gasteiger partial charge on any atom is -0.487 e. The molecule has 0 aliphatic rings. The molecule has 6 heteroatoms. The Hall–Kier alpha value is -3.31. The first-order valence-corrected chi connectivity index (χ1v) is 9.47. The third-order valence-corrected chi connectivity index (χ3v) is 4.53. The van der Waals surface area contributed by atoms with E-state index >= 15 is 0 Å². The van der Waals surface area contributed by atoms with Crippen molar-refractivity contribution in [3.05, 3.63) is 88.6 Å². The summed E-state index contributed by atoms with van der Waals surface area (Å²) in [5.74, 6) is 0.735. The summed E-state index contributed by atoms with van der Waals surface area (Å²) in [6.45, 7) is 2.16. The van der Waals surface area contributed by atoms with Gasteiger partial charge in [0, 0.05) is 22.2 Å². The molecule has 1 N–H and O–H groups in total. The standard InChI is InChI=1S/C23H20ClNO4/c1-2-17(23(26)27)13-16-7-9-19(10-8-16)29-22-12-11-20(14-25-22)28-15-18-5-3-4-6-21(18)24/h3-14H,2,15H2,1H3,(H,26,27). The molecule has 29 heavy (non-hydrogen) atoms. The fourth-order valence-corrected chi connectivity index (χ4v) is 2.75. The molecule has 2 aromatic carbocycles. The number of halogens is 1. The molecule has 3 rings (SSSR count). The van der Waals surface area contributed by atoms with Crippen LogP contribution in [0.5, 0.6) is 17.4 Å². The average Bonchev–Trinajstić information content (AvgIpc) is 2.73. The van der Waals surface area contributed by atoms with Crippen molar-refractivity contribution in [2.24, 2.45) is 0 Å². The summed E-state index contributed by atoms with van der Waals surface area (Å²) in [6, 6.07) is 18.1. The van der Waals surface area contributed by atoms with E-state index in [1.807, 2.05) is 31.2 Å². The highest BCUT2D eigenvalue weighted by molar-refractivity contribution is 6.31. The summed E-state index contributed by atoms with van der Waals surface area (Å²) in [6.07, 6.45) is 3.70. The molecular weight excluding hydrogens is 390 g/mol. The first-order valence-electron chi connectivity index (χ1n) is 9.09. The van der Waals surface area contributed by atoms with Crippen molar-refractivity contribution in [1.82, 2.24) is 4.98 Å². The van der Waals surface area contributed by atoms with Crippen LogP contribution in [0.4, 0.5) is 0 Å². The maximum atomic E-state index is 11.1. The van der Waals surface area contributed by atoms with Crippen molar-refractivity contribution in [3.63, 3.8) is 0 Å². The third kappa shape index (κ3) is 5.83. The highest BCUT2D eigenvalue weighted by Gasteiger charge is 2.05. The monoisotopic (exact) mass is 409 g/mol. The van der Waals surface area contributed by atoms with E-state index in [1.54, 1.807) is 48.7 Å². The average molecular weight is 410 g/mol. The van der Waals surface area contributed by atoms with Crippen LogP contribution >= 0.6 is 11.6 Å². The molecule has 0 unspecified atom stereocenters. The van der Waals surface area contributed by atoms with E-state index in [0.29, 0.717) is 41.0 Å². The molecule has 148 valence electrons. The SMILES string of the molecule is CCC(=Cc1ccc(Oc2ccc(OCc3ccccc3Cl)cn2)cc1)C(=O)O. The van der Waals surface area contributed by atoms with Gasteiger partial charge in [-0.3, -0.25) is 0 Å². The fraction of sp³-hybridized carbons (Fsp3) is 0.130. The Morgan fingerprint density at radius 3 is 2.41 bits per heavy atom. The Bertz CT molecular complexity index is 998. The molecule has 3 aromatic rings. The van der Waals surface area contributed by atoms with Gasteiger partial charge in [-0.05, 0) is 42.3 Å². The Balaban J connectivity index is 1.59. The Kier molecular flexibility index (Phi) is 6.87. The summed E-state index contributed by atoms with van der Waals surface area (Å²) >= 11 is 6.12. The van der Waals surface area contributed by atoms with Crippen molar-refractivity contribution in [3.8, 4) is 17.4 Å². The van der Waals surface area contributed by atoms with Gasteiger partial charge in [0.05, 0.1) is 6.20 Å². The number of ether oxygens (including phenoxy) is 2. The molecule has 0 spiro atoms. The van der Waals surface area contributed by atoms with Gasteiger partial charge >= 0.3 is 5.97 Å². The van der Waals surface area contributed by atoms with Crippen molar-refractivity contribution in [1.29, 1.82) is 0 Å². The van der Waals surface area contributed by atoms with Gasteiger partial charge in [0.15, 0.2) is 0 Å². The highest BCUT2D eigenvalue weighted by atomic mass is 35.5. The number of pyridine rings is 1. The molecule has 0 radical (unpaired) electrons. The Morgan fingerprint density at radius 2 is 1.79 bits per heavy atom. The maximum absolute atomic E-state index is 11.1. The van der Waals surface area contributed by atoms with Crippen molar-refractivity contribution in [2.75, 3.05) is 0 Å². The second-order valence-electron chi connectivity index (χ2n) is 6.21. The number of carboxylic acids is 1. The number of carboxylic acid groups (broad SMARTS) is 1. The number of carbonyl (C=O) groups is 1. The van der Waals surface area contributed by atoms with Crippen LogP contribution < -0.4 is 9.47 Å². The second-order valence-corrected chi connectivity index (χ2v) is 6.62. The van der Waals surface area contributed by atoms with E-state index in [2.05, 4.69) is 4.98 Å². The normalized spacial score (nSPS) is 11.2. The Labute approximate surface area is 174 Å². The minimum absolute atomic E-state index is 0.354. The van der Waals surface area contributed by atoms with Gasteiger partial charge in [0.2, 0.25) is 5.88 Å². The molecule has 0 saturated heterocycles. The summed E-state index contributed by atoms with van der Waals surface area (Å²) in [5, 5.41) is 9.77. The highest BCUT2D eigenvalue weighted by Crippen LogP contribution is 2.23. The van der Waals surface area contributed by atoms with Gasteiger partial charge in [-0.15, -0.1) is 0 Å². The smallest absolute Gasteiger partial charge is 0.331 e. The van der Waals surface area contributed by atoms with Crippen LogP contribution in [0.1, 0.15) is 24.5 Å². The molecule has 1 heterocycles. The summed E-state index contributed by atoms with van der Waals surface area (Å²) in [5.41, 5.74) is 2.05. The Morgan fingerprint density at radius 1 is 1.07 bits per heavy atom. The van der Waals surface area contributed by atoms with Gasteiger partial charge in [0.1, 0.15) is 18.1 Å². The number of aliphatic carboxylic acids is 1. The zero-order valence-corrected chi connectivity index (χ0v) is 16.6. The zero-order valence-electron chi connectivity index (χ0n) is 15.8. The number of rotatable bonds is 8. The number of nitrogens with zero attached hydrogens (tertiary/aromatic N) is 1. The molecular formula is C23H20ClNO4. The van der Waals surface area contributed by atoms with Gasteiger partial charge in [0.25, 0.3) is 0 Å². The summed E-state index contributed by atoms with van der Waals surface area (Å²) < 4.78 is 11.4. The largest absolute Gasteiger partial charge is 0.487 e. The number of aromatic nitrogens is 1. The zero-order chi connectivity index (χ0) is 20.6. The van der Waals surface area contributed by atoms with Crippen molar-refractivity contribution in [2.45, 2.75) is 20.0 Å². The lowest BCUT2D eigenvalue weighted by molar-refractivity contribution is -0.132. The number of hydrogen-bond donors (Lipinski definition) is 1. The first-order chi connectivity index (χ1) is 14.0. The molecule has 0 fully saturated rings. The first kappa shape index (κ1) is 20.4. The topological polar surface area (TPSA) is 68.7 Å². The second kappa shape index (κ2) is 9.75. The van der Waals surface area contributed by atoms with Crippen LogP contribution in [-0.4, -0.2) is 16.1 Å². The van der Waals surface area contributed by atoms with E-state index in [1.165, 1.54) is 0 Å². The number of benzene rings is 2. The molecule has 0 aliphatic carbocycles. The van der Waals surface area contributed by atoms with Crippen molar-refractivity contribution >= 4 is 23.6 Å². The van der Waals surface area contributed by atoms with E-state index < -0.39 is 5.97 Å². The molecule has 0 atom stereocenters. The minimum atomic E-state index is -0.908. The van der Waals surface area contributed by atoms with E-state index in [9.17, 15) is 4.79 Å². The van der Waals surface area contributed by atoms with Crippen LogP contribution in [0.25, 0.3) is 6.08 Å². The van der Waals surface area contributed by atoms with E-state index in [-0.39, 0.29) is 0 Å². The molecule has 0 amide bonds. The van der Waals surface area contributed by atoms with E-state index in [4.69, 9.17) is 26.2 Å². The molecule has 0 bridgehead atoms. The fourth-order valence-electron chi connectivity index (χ4n) is 2.56. The molecule has 1 aromatic heterocycles. The predicted octanol–water partition coefficient (Wildman–Crippen LogP) is 5.98. The summed E-state index contributed by atoms with van der Waals surface area (Å²) in [4.78, 5) is 15.3. The van der Waals surface area contributed by atoms with Crippen LogP contribution in [0.2, 0.25) is 5.02 Å². The van der Waals surface area contributed by atoms with Crippen LogP contribution in [0.3, 0.4) is 0 Å². The molecule has 5 nitrogen and oxygen atoms in total. The van der Waals surface area contributed by atoms with Crippen LogP contribution in [0, 0.1) is 0 Å². The maximum Gasteiger partial charge on any atom is 0.331 e. The van der Waals surface area contributed by atoms with Crippen LogP contribution in [-0.2, 0) is 11.4 Å². The lowest BCUT2D eigenvalue weighted by Crippen LogP contribution is -1.98. The lowest BCUT2D eigenvalue weighted by atomic mass is 10.1.